The summed E-state index contributed by atoms with van der Waals surface area (Å²) < 4.78 is 2.14. The van der Waals surface area contributed by atoms with Crippen LogP contribution in [0.4, 0.5) is 0 Å². The van der Waals surface area contributed by atoms with Crippen molar-refractivity contribution in [2.75, 3.05) is 0 Å². The zero-order valence-electron chi connectivity index (χ0n) is 21.1. The van der Waals surface area contributed by atoms with Gasteiger partial charge in [-0.05, 0) is 92.5 Å². The number of fused-ring (bicyclic) bond motifs is 2. The van der Waals surface area contributed by atoms with Crippen molar-refractivity contribution in [3.63, 3.8) is 0 Å². The van der Waals surface area contributed by atoms with Crippen LogP contribution in [0, 0.1) is 24.2 Å². The highest BCUT2D eigenvalue weighted by atomic mass is 16.2. The maximum atomic E-state index is 13.3. The fourth-order valence-corrected chi connectivity index (χ4v) is 7.82. The first-order valence-electron chi connectivity index (χ1n) is 13.8. The Morgan fingerprint density at radius 3 is 2.49 bits per heavy atom. The van der Waals surface area contributed by atoms with Gasteiger partial charge in [-0.1, -0.05) is 49.6 Å². The number of imidazole rings is 1. The summed E-state index contributed by atoms with van der Waals surface area (Å²) in [6.07, 6.45) is 12.5. The first-order valence-corrected chi connectivity index (χ1v) is 13.8. The Hall–Kier alpha value is -2.62. The van der Waals surface area contributed by atoms with E-state index in [9.17, 15) is 4.79 Å². The summed E-state index contributed by atoms with van der Waals surface area (Å²) in [5.41, 5.74) is 6.77. The molecule has 0 spiro atoms. The third-order valence-electron chi connectivity index (χ3n) is 10.3. The van der Waals surface area contributed by atoms with Gasteiger partial charge in [0.2, 0.25) is 5.91 Å². The molecule has 4 heteroatoms. The highest BCUT2D eigenvalue weighted by Crippen LogP contribution is 2.83. The average molecular weight is 468 g/mol. The van der Waals surface area contributed by atoms with Crippen LogP contribution in [0.25, 0.3) is 22.2 Å². The van der Waals surface area contributed by atoms with Crippen molar-refractivity contribution in [3.05, 3.63) is 53.9 Å². The SMILES string of the molecule is Cc1nc2cc(-c3ccc(C4CCCC(C(=O)NC56CC5(C5CCCC5)C6)C4)cc3)ccc2n1C. The minimum absolute atomic E-state index is 0.181. The molecule has 0 saturated heterocycles. The Bertz CT molecular complexity index is 1290. The third kappa shape index (κ3) is 3.39. The van der Waals surface area contributed by atoms with E-state index in [0.717, 1.165) is 36.5 Å². The molecule has 1 aromatic heterocycles. The van der Waals surface area contributed by atoms with Gasteiger partial charge in [-0.2, -0.15) is 0 Å². The van der Waals surface area contributed by atoms with E-state index >= 15 is 0 Å². The van der Waals surface area contributed by atoms with Crippen molar-refractivity contribution >= 4 is 16.9 Å². The van der Waals surface area contributed by atoms with Crippen molar-refractivity contribution in [2.45, 2.75) is 82.6 Å². The lowest BCUT2D eigenvalue weighted by Gasteiger charge is -2.29. The van der Waals surface area contributed by atoms with Gasteiger partial charge in [0.1, 0.15) is 5.82 Å². The van der Waals surface area contributed by atoms with Crippen LogP contribution in [0.5, 0.6) is 0 Å². The van der Waals surface area contributed by atoms with Crippen LogP contribution in [0.3, 0.4) is 0 Å². The zero-order chi connectivity index (χ0) is 23.8. The number of aromatic nitrogens is 2. The van der Waals surface area contributed by atoms with E-state index in [1.54, 1.807) is 0 Å². The molecule has 4 aliphatic carbocycles. The van der Waals surface area contributed by atoms with Crippen LogP contribution in [0.2, 0.25) is 0 Å². The molecule has 0 aliphatic heterocycles. The molecule has 0 radical (unpaired) electrons. The standard InChI is InChI=1S/C31H37N3O/c1-20-32-27-17-24(14-15-28(27)34(20)2)22-12-10-21(11-13-22)23-6-5-7-25(16-23)29(35)33-31-18-30(31,19-31)26-8-3-4-9-26/h10-15,17,23,25-26H,3-9,16,18-19H2,1-2H3,(H,33,35). The van der Waals surface area contributed by atoms with Gasteiger partial charge in [-0.25, -0.2) is 4.98 Å². The van der Waals surface area contributed by atoms with Gasteiger partial charge in [0.05, 0.1) is 11.0 Å². The number of hydrogen-bond acceptors (Lipinski definition) is 2. The second-order valence-corrected chi connectivity index (χ2v) is 12.2. The second-order valence-electron chi connectivity index (χ2n) is 12.2. The molecule has 1 heterocycles. The van der Waals surface area contributed by atoms with Crippen molar-refractivity contribution in [1.29, 1.82) is 0 Å². The van der Waals surface area contributed by atoms with Crippen molar-refractivity contribution in [3.8, 4) is 11.1 Å². The molecule has 2 unspecified atom stereocenters. The normalized spacial score (nSPS) is 31.9. The predicted molar refractivity (Wildman–Crippen MR) is 140 cm³/mol. The molecule has 35 heavy (non-hydrogen) atoms. The summed E-state index contributed by atoms with van der Waals surface area (Å²) in [5.74, 6) is 2.95. The summed E-state index contributed by atoms with van der Waals surface area (Å²) in [6.45, 7) is 2.05. The molecule has 4 nitrogen and oxygen atoms in total. The molecule has 182 valence electrons. The number of hydrogen-bond donors (Lipinski definition) is 1. The molecule has 7 rings (SSSR count). The summed E-state index contributed by atoms with van der Waals surface area (Å²) in [6, 6.07) is 15.6. The number of rotatable bonds is 5. The van der Waals surface area contributed by atoms with Crippen molar-refractivity contribution in [1.82, 2.24) is 14.9 Å². The molecule has 2 aromatic carbocycles. The van der Waals surface area contributed by atoms with E-state index < -0.39 is 0 Å². The molecule has 0 bridgehead atoms. The van der Waals surface area contributed by atoms with E-state index in [0.29, 0.717) is 17.2 Å². The van der Waals surface area contributed by atoms with E-state index in [-0.39, 0.29) is 11.5 Å². The molecule has 1 N–H and O–H groups in total. The Morgan fingerprint density at radius 2 is 1.71 bits per heavy atom. The average Bonchev–Trinajstić information content (AvgIpc) is 3.47. The summed E-state index contributed by atoms with van der Waals surface area (Å²) in [4.78, 5) is 18.0. The number of nitrogens with one attached hydrogen (secondary N) is 1. The minimum atomic E-state index is 0.181. The fraction of sp³-hybridized carbons (Fsp3) is 0.548. The van der Waals surface area contributed by atoms with Crippen molar-refractivity contribution < 1.29 is 4.79 Å². The van der Waals surface area contributed by atoms with E-state index in [4.69, 9.17) is 4.98 Å². The fourth-order valence-electron chi connectivity index (χ4n) is 7.82. The molecular weight excluding hydrogens is 430 g/mol. The molecular formula is C31H37N3O. The number of amides is 1. The van der Waals surface area contributed by atoms with Crippen LogP contribution in [0.15, 0.2) is 42.5 Å². The minimum Gasteiger partial charge on any atom is -0.350 e. The lowest BCUT2D eigenvalue weighted by molar-refractivity contribution is -0.126. The topological polar surface area (TPSA) is 46.9 Å². The van der Waals surface area contributed by atoms with Crippen LogP contribution in [0.1, 0.15) is 81.5 Å². The monoisotopic (exact) mass is 467 g/mol. The van der Waals surface area contributed by atoms with Gasteiger partial charge in [0, 0.05) is 23.9 Å². The van der Waals surface area contributed by atoms with Gasteiger partial charge in [-0.3, -0.25) is 4.79 Å². The van der Waals surface area contributed by atoms with E-state index in [2.05, 4.69) is 59.4 Å². The Balaban J connectivity index is 1.02. The molecule has 1 amide bonds. The molecule has 2 atom stereocenters. The first kappa shape index (κ1) is 21.6. The number of carbonyl (C=O) groups is 1. The lowest BCUT2D eigenvalue weighted by Crippen LogP contribution is -2.38. The molecule has 3 aromatic rings. The maximum Gasteiger partial charge on any atom is 0.223 e. The smallest absolute Gasteiger partial charge is 0.223 e. The van der Waals surface area contributed by atoms with Crippen molar-refractivity contribution in [2.24, 2.45) is 24.3 Å². The van der Waals surface area contributed by atoms with Crippen LogP contribution < -0.4 is 5.32 Å². The van der Waals surface area contributed by atoms with E-state index in [1.807, 2.05) is 6.92 Å². The molecule has 4 aliphatic rings. The maximum absolute atomic E-state index is 13.3. The Morgan fingerprint density at radius 1 is 0.971 bits per heavy atom. The summed E-state index contributed by atoms with van der Waals surface area (Å²) >= 11 is 0. The Labute approximate surface area is 208 Å². The third-order valence-corrected chi connectivity index (χ3v) is 10.3. The molecule has 4 saturated carbocycles. The number of carbonyl (C=O) groups excluding carboxylic acids is 1. The van der Waals surface area contributed by atoms with Crippen LogP contribution >= 0.6 is 0 Å². The largest absolute Gasteiger partial charge is 0.350 e. The van der Waals surface area contributed by atoms with E-state index in [1.165, 1.54) is 67.2 Å². The number of nitrogens with zero attached hydrogens (tertiary/aromatic N) is 2. The second kappa shape index (κ2) is 7.69. The van der Waals surface area contributed by atoms with Gasteiger partial charge >= 0.3 is 0 Å². The lowest BCUT2D eigenvalue weighted by atomic mass is 9.77. The predicted octanol–water partition coefficient (Wildman–Crippen LogP) is 6.66. The van der Waals surface area contributed by atoms with Gasteiger partial charge < -0.3 is 9.88 Å². The van der Waals surface area contributed by atoms with Gasteiger partial charge in [0.25, 0.3) is 0 Å². The highest BCUT2D eigenvalue weighted by Gasteiger charge is 2.85. The molecule has 4 fully saturated rings. The first-order chi connectivity index (χ1) is 17.0. The number of benzene rings is 2. The summed E-state index contributed by atoms with van der Waals surface area (Å²) in [7, 11) is 2.07. The Kier molecular flexibility index (Phi) is 4.75. The van der Waals surface area contributed by atoms with Gasteiger partial charge in [0.15, 0.2) is 0 Å². The highest BCUT2D eigenvalue weighted by molar-refractivity contribution is 5.83. The van der Waals surface area contributed by atoms with Crippen LogP contribution in [-0.2, 0) is 11.8 Å². The quantitative estimate of drug-likeness (QED) is 0.456. The number of aryl methyl sites for hydroxylation is 2. The summed E-state index contributed by atoms with van der Waals surface area (Å²) in [5, 5.41) is 3.57. The van der Waals surface area contributed by atoms with Gasteiger partial charge in [-0.15, -0.1) is 0 Å². The van der Waals surface area contributed by atoms with Crippen LogP contribution in [-0.4, -0.2) is 21.0 Å². The zero-order valence-corrected chi connectivity index (χ0v) is 21.1.